The number of nitrogens with one attached hydrogen (secondary N) is 2. The van der Waals surface area contributed by atoms with Crippen LogP contribution in [0.25, 0.3) is 0 Å². The van der Waals surface area contributed by atoms with Gasteiger partial charge in [0.15, 0.2) is 10.9 Å². The molecule has 0 aromatic carbocycles. The quantitative estimate of drug-likeness (QED) is 0.610. The van der Waals surface area contributed by atoms with Gasteiger partial charge in [-0.2, -0.15) is 18.4 Å². The molecule has 3 N–H and O–H groups in total. The Kier molecular flexibility index (Phi) is 6.48. The summed E-state index contributed by atoms with van der Waals surface area (Å²) < 4.78 is 38.6. The number of aromatic amines is 1. The van der Waals surface area contributed by atoms with Gasteiger partial charge in [-0.15, -0.1) is 10.2 Å². The molecule has 23 heavy (non-hydrogen) atoms. The van der Waals surface area contributed by atoms with Crippen LogP contribution in [0.3, 0.4) is 0 Å². The van der Waals surface area contributed by atoms with Crippen molar-refractivity contribution in [2.45, 2.75) is 25.6 Å². The van der Waals surface area contributed by atoms with Gasteiger partial charge in [0.25, 0.3) is 0 Å². The van der Waals surface area contributed by atoms with Crippen molar-refractivity contribution >= 4 is 28.8 Å². The van der Waals surface area contributed by atoms with Crippen LogP contribution >= 0.6 is 11.8 Å². The third-order valence-electron chi connectivity index (χ3n) is 2.56. The molecule has 0 spiro atoms. The Morgan fingerprint density at radius 1 is 1.39 bits per heavy atom. The third kappa shape index (κ3) is 6.22. The molecule has 0 saturated heterocycles. The molecule has 0 aliphatic carbocycles. The molecule has 0 radical (unpaired) electrons. The highest BCUT2D eigenvalue weighted by Crippen LogP contribution is 2.29. The fourth-order valence-electron chi connectivity index (χ4n) is 1.44. The monoisotopic (exact) mass is 355 g/mol. The number of aromatic nitrogens is 4. The van der Waals surface area contributed by atoms with Crippen LogP contribution in [-0.2, 0) is 20.8 Å². The van der Waals surface area contributed by atoms with Crippen molar-refractivity contribution in [1.29, 1.82) is 0 Å². The number of aliphatic carboxylic acids is 1. The Bertz CT molecular complexity index is 565. The minimum Gasteiger partial charge on any atom is -0.480 e. The number of H-pyrrole nitrogens is 1. The van der Waals surface area contributed by atoms with Gasteiger partial charge in [-0.25, -0.2) is 4.79 Å². The predicted octanol–water partition coefficient (Wildman–Crippen LogP) is -0.230. The van der Waals surface area contributed by atoms with E-state index in [1.807, 2.05) is 0 Å². The number of carbonyl (C=O) groups is 3. The number of tetrazole rings is 1. The molecule has 0 fully saturated rings. The lowest BCUT2D eigenvalue weighted by Crippen LogP contribution is -2.49. The number of amides is 1. The maximum absolute atomic E-state index is 12.9. The minimum absolute atomic E-state index is 0.0839. The van der Waals surface area contributed by atoms with Gasteiger partial charge in [0.2, 0.25) is 5.91 Å². The van der Waals surface area contributed by atoms with Crippen molar-refractivity contribution in [2.24, 2.45) is 5.92 Å². The van der Waals surface area contributed by atoms with Gasteiger partial charge in [0.05, 0.1) is 0 Å². The molecule has 0 aliphatic heterocycles. The molecule has 13 heteroatoms. The number of rotatable bonds is 7. The van der Waals surface area contributed by atoms with E-state index >= 15 is 0 Å². The van der Waals surface area contributed by atoms with Crippen LogP contribution in [-0.4, -0.2) is 60.7 Å². The van der Waals surface area contributed by atoms with E-state index in [4.69, 9.17) is 5.11 Å². The summed E-state index contributed by atoms with van der Waals surface area (Å²) in [5.41, 5.74) is 0. The zero-order valence-corrected chi connectivity index (χ0v) is 12.4. The lowest BCUT2D eigenvalue weighted by atomic mass is 10.1. The number of carboxylic acid groups (broad SMARTS) is 1. The van der Waals surface area contributed by atoms with E-state index in [1.54, 1.807) is 5.32 Å². The van der Waals surface area contributed by atoms with Crippen LogP contribution in [0.1, 0.15) is 12.7 Å². The first-order chi connectivity index (χ1) is 10.6. The Morgan fingerprint density at radius 3 is 2.48 bits per heavy atom. The van der Waals surface area contributed by atoms with Crippen LogP contribution < -0.4 is 5.32 Å². The molecular weight excluding hydrogens is 343 g/mol. The topological polar surface area (TPSA) is 138 Å². The number of alkyl halides is 3. The molecule has 2 atom stereocenters. The van der Waals surface area contributed by atoms with Crippen LogP contribution in [0.2, 0.25) is 0 Å². The summed E-state index contributed by atoms with van der Waals surface area (Å²) >= 11 is 0.329. The standard InChI is InChI=1S/C10H12F3N5O4S/c1-4(19)23-3-5(10(11,12)13)8(20)14-6(9(21)22)2-7-15-17-18-16-7/h5-6H,2-3H2,1H3,(H,14,20)(H,21,22)(H,15,16,17,18)/t5?,6-/m0/s1. The van der Waals surface area contributed by atoms with Crippen molar-refractivity contribution in [3.05, 3.63) is 5.82 Å². The Labute approximate surface area is 131 Å². The zero-order chi connectivity index (χ0) is 17.6. The van der Waals surface area contributed by atoms with E-state index in [-0.39, 0.29) is 5.82 Å². The fourth-order valence-corrected chi connectivity index (χ4v) is 2.19. The summed E-state index contributed by atoms with van der Waals surface area (Å²) in [6.45, 7) is 1.06. The highest BCUT2D eigenvalue weighted by Gasteiger charge is 2.45. The molecule has 1 rings (SSSR count). The van der Waals surface area contributed by atoms with Crippen molar-refractivity contribution in [3.8, 4) is 0 Å². The molecular formula is C10H12F3N5O4S. The normalized spacial score (nSPS) is 14.1. The summed E-state index contributed by atoms with van der Waals surface area (Å²) in [6, 6.07) is -1.66. The summed E-state index contributed by atoms with van der Waals surface area (Å²) in [4.78, 5) is 33.6. The molecule has 128 valence electrons. The lowest BCUT2D eigenvalue weighted by Gasteiger charge is -2.21. The molecule has 0 bridgehead atoms. The minimum atomic E-state index is -4.91. The Balaban J connectivity index is 2.80. The second kappa shape index (κ2) is 7.89. The maximum atomic E-state index is 12.9. The first-order valence-electron chi connectivity index (χ1n) is 6.06. The van der Waals surface area contributed by atoms with Gasteiger partial charge in [-0.05, 0) is 0 Å². The maximum Gasteiger partial charge on any atom is 0.401 e. The number of halogens is 3. The van der Waals surface area contributed by atoms with Crippen LogP contribution in [0.15, 0.2) is 0 Å². The number of carbonyl (C=O) groups excluding carboxylic acids is 2. The van der Waals surface area contributed by atoms with Gasteiger partial charge >= 0.3 is 12.1 Å². The van der Waals surface area contributed by atoms with Crippen LogP contribution in [0.5, 0.6) is 0 Å². The van der Waals surface area contributed by atoms with E-state index < -0.39 is 47.3 Å². The smallest absolute Gasteiger partial charge is 0.401 e. The number of hydrogen-bond acceptors (Lipinski definition) is 7. The first-order valence-corrected chi connectivity index (χ1v) is 7.05. The van der Waals surface area contributed by atoms with Crippen molar-refractivity contribution in [2.75, 3.05) is 5.75 Å². The summed E-state index contributed by atoms with van der Waals surface area (Å²) in [7, 11) is 0. The lowest BCUT2D eigenvalue weighted by molar-refractivity contribution is -0.179. The highest BCUT2D eigenvalue weighted by molar-refractivity contribution is 8.13. The fraction of sp³-hybridized carbons (Fsp3) is 0.600. The summed E-state index contributed by atoms with van der Waals surface area (Å²) in [6.07, 6.45) is -5.36. The number of hydrogen-bond donors (Lipinski definition) is 3. The highest BCUT2D eigenvalue weighted by atomic mass is 32.2. The second-order valence-corrected chi connectivity index (χ2v) is 5.53. The van der Waals surface area contributed by atoms with Gasteiger partial charge in [-0.1, -0.05) is 17.0 Å². The number of carboxylic acids is 1. The van der Waals surface area contributed by atoms with Gasteiger partial charge in [0, 0.05) is 19.1 Å². The van der Waals surface area contributed by atoms with E-state index in [0.29, 0.717) is 11.8 Å². The summed E-state index contributed by atoms with van der Waals surface area (Å²) in [5.74, 6) is -6.52. The molecule has 1 heterocycles. The molecule has 1 aromatic rings. The van der Waals surface area contributed by atoms with Crippen LogP contribution in [0.4, 0.5) is 13.2 Å². The SMILES string of the molecule is CC(=O)SCC(C(=O)N[C@@H](Cc1nn[nH]n1)C(=O)O)C(F)(F)F. The van der Waals surface area contributed by atoms with Crippen molar-refractivity contribution in [3.63, 3.8) is 0 Å². The zero-order valence-electron chi connectivity index (χ0n) is 11.6. The molecule has 9 nitrogen and oxygen atoms in total. The van der Waals surface area contributed by atoms with E-state index in [9.17, 15) is 27.6 Å². The van der Waals surface area contributed by atoms with Gasteiger partial charge in [0.1, 0.15) is 12.0 Å². The molecule has 1 aromatic heterocycles. The Hall–Kier alpha value is -2.18. The van der Waals surface area contributed by atoms with Crippen LogP contribution in [0, 0.1) is 5.92 Å². The Morgan fingerprint density at radius 2 is 2.04 bits per heavy atom. The third-order valence-corrected chi connectivity index (χ3v) is 3.46. The summed E-state index contributed by atoms with van der Waals surface area (Å²) in [5, 5.41) is 22.3. The molecule has 1 unspecified atom stereocenters. The van der Waals surface area contributed by atoms with Crippen molar-refractivity contribution in [1.82, 2.24) is 25.9 Å². The number of thioether (sulfide) groups is 1. The molecule has 0 saturated carbocycles. The molecule has 0 aliphatic rings. The second-order valence-electron chi connectivity index (χ2n) is 4.33. The average Bonchev–Trinajstić information content (AvgIpc) is 2.88. The van der Waals surface area contributed by atoms with E-state index in [2.05, 4.69) is 20.6 Å². The number of nitrogens with zero attached hydrogens (tertiary/aromatic N) is 3. The van der Waals surface area contributed by atoms with E-state index in [0.717, 1.165) is 6.92 Å². The average molecular weight is 355 g/mol. The first kappa shape index (κ1) is 18.9. The predicted molar refractivity (Wildman–Crippen MR) is 70.1 cm³/mol. The van der Waals surface area contributed by atoms with Gasteiger partial charge in [-0.3, -0.25) is 9.59 Å². The van der Waals surface area contributed by atoms with E-state index in [1.165, 1.54) is 0 Å². The largest absolute Gasteiger partial charge is 0.480 e. The van der Waals surface area contributed by atoms with Crippen molar-refractivity contribution < 1.29 is 32.7 Å². The molecule has 1 amide bonds. The van der Waals surface area contributed by atoms with Gasteiger partial charge < -0.3 is 10.4 Å².